The van der Waals surface area contributed by atoms with E-state index < -0.39 is 0 Å². The maximum absolute atomic E-state index is 12.1. The highest BCUT2D eigenvalue weighted by Crippen LogP contribution is 2.28. The van der Waals surface area contributed by atoms with Gasteiger partial charge in [-0.3, -0.25) is 10.1 Å². The molecule has 0 radical (unpaired) electrons. The Labute approximate surface area is 175 Å². The maximum Gasteiger partial charge on any atom is 0.264 e. The van der Waals surface area contributed by atoms with Gasteiger partial charge in [0, 0.05) is 10.8 Å². The maximum atomic E-state index is 12.1. The van der Waals surface area contributed by atoms with Crippen LogP contribution in [0.25, 0.3) is 0 Å². The fourth-order valence-corrected chi connectivity index (χ4v) is 4.16. The minimum Gasteiger partial charge on any atom is -0.483 e. The minimum absolute atomic E-state index is 0.129. The molecule has 0 aliphatic rings. The number of hydrogen-bond acceptors (Lipinski definition) is 7. The van der Waals surface area contributed by atoms with Crippen LogP contribution in [0, 0.1) is 18.3 Å². The lowest BCUT2D eigenvalue weighted by molar-refractivity contribution is -0.118. The smallest absolute Gasteiger partial charge is 0.264 e. The van der Waals surface area contributed by atoms with Crippen LogP contribution in [0.15, 0.2) is 46.8 Å². The predicted octanol–water partition coefficient (Wildman–Crippen LogP) is 4.68. The predicted molar refractivity (Wildman–Crippen MR) is 111 cm³/mol. The summed E-state index contributed by atoms with van der Waals surface area (Å²) in [4.78, 5) is 12.1. The van der Waals surface area contributed by atoms with Crippen molar-refractivity contribution in [2.24, 2.45) is 0 Å². The summed E-state index contributed by atoms with van der Waals surface area (Å²) in [6.45, 7) is 1.73. The summed E-state index contributed by atoms with van der Waals surface area (Å²) in [7, 11) is 0. The number of carbonyl (C=O) groups is 1. The molecule has 6 nitrogen and oxygen atoms in total. The molecule has 1 aromatic heterocycles. The Balaban J connectivity index is 1.48. The Morgan fingerprint density at radius 1 is 1.29 bits per heavy atom. The van der Waals surface area contributed by atoms with Crippen LogP contribution in [0.3, 0.4) is 0 Å². The van der Waals surface area contributed by atoms with Crippen LogP contribution in [0.1, 0.15) is 16.7 Å². The third-order valence-corrected chi connectivity index (χ3v) is 5.87. The Bertz CT molecular complexity index is 1020. The van der Waals surface area contributed by atoms with Crippen molar-refractivity contribution >= 4 is 45.7 Å². The average molecular weight is 431 g/mol. The van der Waals surface area contributed by atoms with Gasteiger partial charge in [-0.15, -0.1) is 10.2 Å². The van der Waals surface area contributed by atoms with Gasteiger partial charge in [0.2, 0.25) is 5.13 Å². The number of rotatable bonds is 7. The lowest BCUT2D eigenvalue weighted by atomic mass is 10.2. The van der Waals surface area contributed by atoms with Crippen LogP contribution in [0.4, 0.5) is 5.13 Å². The zero-order chi connectivity index (χ0) is 19.9. The van der Waals surface area contributed by atoms with Gasteiger partial charge in [0.05, 0.1) is 11.6 Å². The van der Waals surface area contributed by atoms with Gasteiger partial charge in [-0.25, -0.2) is 0 Å². The molecule has 0 aliphatic heterocycles. The normalized spacial score (nSPS) is 10.3. The quantitative estimate of drug-likeness (QED) is 0.432. The second kappa shape index (κ2) is 9.55. The van der Waals surface area contributed by atoms with Crippen LogP contribution in [-0.4, -0.2) is 22.7 Å². The number of hydrogen-bond donors (Lipinski definition) is 1. The standard InChI is InChI=1S/C19H15ClN4O2S2/c1-12-8-15(20)6-7-16(12)26-10-17(25)22-18-23-24-19(28-18)27-11-14-4-2-13(9-21)3-5-14/h2-8H,10-11H2,1H3,(H,22,23,25). The number of amides is 1. The topological polar surface area (TPSA) is 87.9 Å². The van der Waals surface area contributed by atoms with E-state index in [0.717, 1.165) is 15.5 Å². The Hall–Kier alpha value is -2.60. The first-order chi connectivity index (χ1) is 13.5. The van der Waals surface area contributed by atoms with E-state index in [1.54, 1.807) is 30.3 Å². The largest absolute Gasteiger partial charge is 0.483 e. The number of aromatic nitrogens is 2. The second-order valence-electron chi connectivity index (χ2n) is 5.72. The zero-order valence-electron chi connectivity index (χ0n) is 14.8. The van der Waals surface area contributed by atoms with Gasteiger partial charge < -0.3 is 4.74 Å². The number of nitriles is 1. The molecular formula is C19H15ClN4O2S2. The van der Waals surface area contributed by atoms with Crippen molar-refractivity contribution in [2.75, 3.05) is 11.9 Å². The van der Waals surface area contributed by atoms with E-state index >= 15 is 0 Å². The van der Waals surface area contributed by atoms with Gasteiger partial charge in [-0.1, -0.05) is 46.8 Å². The number of nitrogens with one attached hydrogen (secondary N) is 1. The van der Waals surface area contributed by atoms with Gasteiger partial charge >= 0.3 is 0 Å². The molecule has 28 heavy (non-hydrogen) atoms. The molecular weight excluding hydrogens is 416 g/mol. The van der Waals surface area contributed by atoms with E-state index in [4.69, 9.17) is 21.6 Å². The number of carbonyl (C=O) groups excluding carboxylic acids is 1. The first kappa shape index (κ1) is 20.1. The SMILES string of the molecule is Cc1cc(Cl)ccc1OCC(=O)Nc1nnc(SCc2ccc(C#N)cc2)s1. The average Bonchev–Trinajstić information content (AvgIpc) is 3.13. The summed E-state index contributed by atoms with van der Waals surface area (Å²) in [5.41, 5.74) is 2.57. The highest BCUT2D eigenvalue weighted by Gasteiger charge is 2.10. The monoisotopic (exact) mass is 430 g/mol. The van der Waals surface area contributed by atoms with E-state index in [9.17, 15) is 4.79 Å². The third-order valence-electron chi connectivity index (χ3n) is 3.59. The minimum atomic E-state index is -0.311. The first-order valence-corrected chi connectivity index (χ1v) is 10.4. The molecule has 3 rings (SSSR count). The Morgan fingerprint density at radius 2 is 2.07 bits per heavy atom. The second-order valence-corrected chi connectivity index (χ2v) is 8.35. The molecule has 0 fully saturated rings. The molecule has 0 aliphatic carbocycles. The molecule has 0 unspecified atom stereocenters. The van der Waals surface area contributed by atoms with E-state index in [1.165, 1.54) is 23.1 Å². The van der Waals surface area contributed by atoms with Crippen molar-refractivity contribution in [1.29, 1.82) is 5.26 Å². The first-order valence-electron chi connectivity index (χ1n) is 8.17. The van der Waals surface area contributed by atoms with Crippen molar-refractivity contribution in [1.82, 2.24) is 10.2 Å². The summed E-state index contributed by atoms with van der Waals surface area (Å²) in [6, 6.07) is 14.7. The number of halogens is 1. The number of thioether (sulfide) groups is 1. The van der Waals surface area contributed by atoms with Crippen molar-refractivity contribution in [3.05, 3.63) is 64.2 Å². The Kier molecular flexibility index (Phi) is 6.87. The fraction of sp³-hybridized carbons (Fsp3) is 0.158. The summed E-state index contributed by atoms with van der Waals surface area (Å²) >= 11 is 8.72. The molecule has 142 valence electrons. The van der Waals surface area contributed by atoms with E-state index in [0.29, 0.717) is 27.2 Å². The fourth-order valence-electron chi connectivity index (χ4n) is 2.21. The molecule has 1 amide bonds. The summed E-state index contributed by atoms with van der Waals surface area (Å²) in [6.07, 6.45) is 0. The molecule has 2 aromatic carbocycles. The molecule has 0 saturated carbocycles. The highest BCUT2D eigenvalue weighted by atomic mass is 35.5. The lowest BCUT2D eigenvalue weighted by Crippen LogP contribution is -2.20. The molecule has 1 heterocycles. The molecule has 9 heteroatoms. The third kappa shape index (κ3) is 5.70. The van der Waals surface area contributed by atoms with Gasteiger partial charge in [0.25, 0.3) is 5.91 Å². The summed E-state index contributed by atoms with van der Waals surface area (Å²) in [5.74, 6) is 0.998. The number of nitrogens with zero attached hydrogens (tertiary/aromatic N) is 3. The number of anilines is 1. The van der Waals surface area contributed by atoms with Gasteiger partial charge in [-0.05, 0) is 48.4 Å². The molecule has 0 spiro atoms. The number of benzene rings is 2. The highest BCUT2D eigenvalue weighted by molar-refractivity contribution is 8.00. The van der Waals surface area contributed by atoms with Crippen LogP contribution in [0.2, 0.25) is 5.02 Å². The van der Waals surface area contributed by atoms with Crippen molar-refractivity contribution in [3.8, 4) is 11.8 Å². The summed E-state index contributed by atoms with van der Waals surface area (Å²) < 4.78 is 6.26. The van der Waals surface area contributed by atoms with Gasteiger partial charge in [-0.2, -0.15) is 5.26 Å². The van der Waals surface area contributed by atoms with E-state index in [1.807, 2.05) is 19.1 Å². The lowest BCUT2D eigenvalue weighted by Gasteiger charge is -2.08. The van der Waals surface area contributed by atoms with Crippen LogP contribution in [0.5, 0.6) is 5.75 Å². The molecule has 1 N–H and O–H groups in total. The van der Waals surface area contributed by atoms with Crippen molar-refractivity contribution < 1.29 is 9.53 Å². The summed E-state index contributed by atoms with van der Waals surface area (Å²) in [5, 5.41) is 20.6. The van der Waals surface area contributed by atoms with Crippen molar-refractivity contribution in [2.45, 2.75) is 17.0 Å². The van der Waals surface area contributed by atoms with E-state index in [-0.39, 0.29) is 12.5 Å². The van der Waals surface area contributed by atoms with Crippen molar-refractivity contribution in [3.63, 3.8) is 0 Å². The molecule has 0 saturated heterocycles. The number of ether oxygens (including phenoxy) is 1. The molecule has 0 bridgehead atoms. The Morgan fingerprint density at radius 3 is 2.79 bits per heavy atom. The van der Waals surface area contributed by atoms with E-state index in [2.05, 4.69) is 21.6 Å². The molecule has 0 atom stereocenters. The van der Waals surface area contributed by atoms with Gasteiger partial charge in [0.15, 0.2) is 10.9 Å². The van der Waals surface area contributed by atoms with Crippen LogP contribution >= 0.6 is 34.7 Å². The zero-order valence-corrected chi connectivity index (χ0v) is 17.2. The van der Waals surface area contributed by atoms with Gasteiger partial charge in [0.1, 0.15) is 5.75 Å². The van der Waals surface area contributed by atoms with Crippen LogP contribution < -0.4 is 10.1 Å². The van der Waals surface area contributed by atoms with Crippen LogP contribution in [-0.2, 0) is 10.5 Å². The molecule has 3 aromatic rings. The number of aryl methyl sites for hydroxylation is 1.